The molecule has 0 aromatic heterocycles. The van der Waals surface area contributed by atoms with Gasteiger partial charge in [0.15, 0.2) is 0 Å². The summed E-state index contributed by atoms with van der Waals surface area (Å²) in [6.45, 7) is 0. The first-order valence-corrected chi connectivity index (χ1v) is 7.83. The number of halogens is 3. The van der Waals surface area contributed by atoms with Gasteiger partial charge in [-0.25, -0.2) is 8.78 Å². The maximum Gasteiger partial charge on any atom is 0.237 e. The maximum atomic E-state index is 13.7. The van der Waals surface area contributed by atoms with Gasteiger partial charge in [0.2, 0.25) is 5.91 Å². The fourth-order valence-corrected chi connectivity index (χ4v) is 3.24. The van der Waals surface area contributed by atoms with Crippen molar-refractivity contribution in [3.05, 3.63) is 28.2 Å². The zero-order chi connectivity index (χ0) is 15.6. The Morgan fingerprint density at radius 3 is 2.43 bits per heavy atom. The highest BCUT2D eigenvalue weighted by Gasteiger charge is 2.42. The summed E-state index contributed by atoms with van der Waals surface area (Å²) in [6.07, 6.45) is 3.82. The van der Waals surface area contributed by atoms with E-state index in [-0.39, 0.29) is 15.1 Å². The van der Waals surface area contributed by atoms with E-state index < -0.39 is 23.0 Å². The molecule has 0 bridgehead atoms. The highest BCUT2D eigenvalue weighted by Crippen LogP contribution is 2.38. The molecule has 114 valence electrons. The van der Waals surface area contributed by atoms with Gasteiger partial charge in [0.05, 0.1) is 20.6 Å². The lowest BCUT2D eigenvalue weighted by Crippen LogP contribution is -2.47. The molecule has 0 radical (unpaired) electrons. The van der Waals surface area contributed by atoms with Crippen molar-refractivity contribution in [2.75, 3.05) is 5.32 Å². The van der Waals surface area contributed by atoms with Gasteiger partial charge in [-0.2, -0.15) is 0 Å². The molecule has 0 aliphatic heterocycles. The van der Waals surface area contributed by atoms with Crippen LogP contribution in [0.1, 0.15) is 32.1 Å². The summed E-state index contributed by atoms with van der Waals surface area (Å²) >= 11 is 8.02. The van der Waals surface area contributed by atoms with Crippen LogP contribution in [-0.2, 0) is 4.79 Å². The van der Waals surface area contributed by atoms with E-state index in [2.05, 4.69) is 21.2 Å². The van der Waals surface area contributed by atoms with Crippen LogP contribution >= 0.6 is 28.1 Å². The van der Waals surface area contributed by atoms with E-state index in [1.807, 2.05) is 0 Å². The van der Waals surface area contributed by atoms with Gasteiger partial charge in [0.25, 0.3) is 0 Å². The van der Waals surface area contributed by atoms with Crippen molar-refractivity contribution < 1.29 is 13.6 Å². The Labute approximate surface area is 135 Å². The number of nitrogens with one attached hydrogen (secondary N) is 1. The Balaban J connectivity index is 2.27. The summed E-state index contributed by atoms with van der Waals surface area (Å²) in [5, 5.41) is 2.49. The molecular weight excluding hydrogens is 362 g/mol. The lowest BCUT2D eigenvalue weighted by atomic mass is 9.73. The standard InChI is InChI=1S/C14H15BrF2N2OS/c15-8-6-11(10(17)7-9(8)16)19-13(20)14(12(18)21)4-2-1-3-5-14/h6-7H,1-5H2,(H2,18,21)(H,19,20). The predicted octanol–water partition coefficient (Wildman–Crippen LogP) is 3.90. The van der Waals surface area contributed by atoms with Crippen LogP contribution in [0.3, 0.4) is 0 Å². The van der Waals surface area contributed by atoms with Crippen molar-refractivity contribution in [3.63, 3.8) is 0 Å². The molecule has 1 amide bonds. The topological polar surface area (TPSA) is 55.1 Å². The highest BCUT2D eigenvalue weighted by atomic mass is 79.9. The molecule has 1 aliphatic rings. The number of nitrogens with two attached hydrogens (primary N) is 1. The zero-order valence-electron chi connectivity index (χ0n) is 11.2. The van der Waals surface area contributed by atoms with Gasteiger partial charge in [-0.3, -0.25) is 4.79 Å². The lowest BCUT2D eigenvalue weighted by molar-refractivity contribution is -0.123. The van der Waals surface area contributed by atoms with Gasteiger partial charge >= 0.3 is 0 Å². The zero-order valence-corrected chi connectivity index (χ0v) is 13.6. The number of amides is 1. The van der Waals surface area contributed by atoms with Crippen LogP contribution in [0.2, 0.25) is 0 Å². The number of thiocarbonyl (C=S) groups is 1. The van der Waals surface area contributed by atoms with Crippen molar-refractivity contribution in [2.24, 2.45) is 11.1 Å². The molecule has 0 saturated heterocycles. The molecule has 0 unspecified atom stereocenters. The van der Waals surface area contributed by atoms with E-state index in [4.69, 9.17) is 18.0 Å². The second-order valence-electron chi connectivity index (χ2n) is 5.21. The van der Waals surface area contributed by atoms with Crippen LogP contribution in [0.25, 0.3) is 0 Å². The van der Waals surface area contributed by atoms with Crippen molar-refractivity contribution in [3.8, 4) is 0 Å². The minimum atomic E-state index is -0.944. The van der Waals surface area contributed by atoms with Gasteiger partial charge in [0.1, 0.15) is 11.6 Å². The van der Waals surface area contributed by atoms with Crippen LogP contribution in [0.5, 0.6) is 0 Å². The van der Waals surface area contributed by atoms with Crippen molar-refractivity contribution in [2.45, 2.75) is 32.1 Å². The molecule has 21 heavy (non-hydrogen) atoms. The Morgan fingerprint density at radius 2 is 1.86 bits per heavy atom. The molecule has 1 fully saturated rings. The minimum absolute atomic E-state index is 0.0761. The number of carbonyl (C=O) groups excluding carboxylic acids is 1. The third-order valence-corrected chi connectivity index (χ3v) is 4.87. The third-order valence-electron chi connectivity index (χ3n) is 3.87. The van der Waals surface area contributed by atoms with E-state index in [0.717, 1.165) is 19.3 Å². The molecule has 1 aromatic carbocycles. The number of benzene rings is 1. The Hall–Kier alpha value is -1.08. The number of hydrogen-bond donors (Lipinski definition) is 2. The average Bonchev–Trinajstić information content (AvgIpc) is 2.45. The van der Waals surface area contributed by atoms with Crippen molar-refractivity contribution in [1.29, 1.82) is 0 Å². The second kappa shape index (κ2) is 6.36. The third kappa shape index (κ3) is 3.23. The molecule has 0 spiro atoms. The lowest BCUT2D eigenvalue weighted by Gasteiger charge is -2.34. The molecular formula is C14H15BrF2N2OS. The van der Waals surface area contributed by atoms with Crippen LogP contribution in [-0.4, -0.2) is 10.9 Å². The van der Waals surface area contributed by atoms with Gasteiger partial charge < -0.3 is 11.1 Å². The Morgan fingerprint density at radius 1 is 1.24 bits per heavy atom. The monoisotopic (exact) mass is 376 g/mol. The van der Waals surface area contributed by atoms with Crippen LogP contribution in [0.4, 0.5) is 14.5 Å². The second-order valence-corrected chi connectivity index (χ2v) is 6.50. The molecule has 1 aromatic rings. The molecule has 1 aliphatic carbocycles. The molecule has 3 nitrogen and oxygen atoms in total. The molecule has 0 atom stereocenters. The smallest absolute Gasteiger partial charge is 0.237 e. The number of hydrogen-bond acceptors (Lipinski definition) is 2. The molecule has 7 heteroatoms. The Bertz CT molecular complexity index is 589. The summed E-state index contributed by atoms with van der Waals surface area (Å²) in [7, 11) is 0. The van der Waals surface area contributed by atoms with Crippen LogP contribution in [0, 0.1) is 17.0 Å². The first-order chi connectivity index (χ1) is 9.86. The van der Waals surface area contributed by atoms with Gasteiger partial charge in [-0.05, 0) is 34.8 Å². The predicted molar refractivity (Wildman–Crippen MR) is 85.0 cm³/mol. The summed E-state index contributed by atoms with van der Waals surface area (Å²) in [4.78, 5) is 12.7. The van der Waals surface area contributed by atoms with E-state index >= 15 is 0 Å². The van der Waals surface area contributed by atoms with Crippen molar-refractivity contribution in [1.82, 2.24) is 0 Å². The first kappa shape index (κ1) is 16.3. The fourth-order valence-electron chi connectivity index (χ4n) is 2.60. The van der Waals surface area contributed by atoms with E-state index in [1.54, 1.807) is 0 Å². The van der Waals surface area contributed by atoms with Gasteiger partial charge in [-0.1, -0.05) is 31.5 Å². The summed E-state index contributed by atoms with van der Waals surface area (Å²) in [5.41, 5.74) is 4.72. The minimum Gasteiger partial charge on any atom is -0.392 e. The average molecular weight is 377 g/mol. The fraction of sp³-hybridized carbons (Fsp3) is 0.429. The highest BCUT2D eigenvalue weighted by molar-refractivity contribution is 9.10. The van der Waals surface area contributed by atoms with E-state index in [0.29, 0.717) is 18.9 Å². The molecule has 0 heterocycles. The normalized spacial score (nSPS) is 17.3. The summed E-state index contributed by atoms with van der Waals surface area (Å²) in [6, 6.07) is 1.91. The summed E-state index contributed by atoms with van der Waals surface area (Å²) in [5.74, 6) is -1.99. The van der Waals surface area contributed by atoms with Crippen molar-refractivity contribution >= 4 is 44.7 Å². The number of carbonyl (C=O) groups is 1. The van der Waals surface area contributed by atoms with Gasteiger partial charge in [0, 0.05) is 6.07 Å². The first-order valence-electron chi connectivity index (χ1n) is 6.63. The van der Waals surface area contributed by atoms with Crippen LogP contribution in [0.15, 0.2) is 16.6 Å². The van der Waals surface area contributed by atoms with E-state index in [1.165, 1.54) is 6.07 Å². The quantitative estimate of drug-likeness (QED) is 0.621. The number of anilines is 1. The van der Waals surface area contributed by atoms with Crippen LogP contribution < -0.4 is 11.1 Å². The Kier molecular flexibility index (Phi) is 4.93. The maximum absolute atomic E-state index is 13.7. The van der Waals surface area contributed by atoms with Gasteiger partial charge in [-0.15, -0.1) is 0 Å². The SMILES string of the molecule is NC(=S)C1(C(=O)Nc2cc(Br)c(F)cc2F)CCCCC1. The molecule has 3 N–H and O–H groups in total. The molecule has 1 saturated carbocycles. The number of rotatable bonds is 3. The molecule has 2 rings (SSSR count). The summed E-state index contributed by atoms with van der Waals surface area (Å²) < 4.78 is 27.0. The largest absolute Gasteiger partial charge is 0.392 e. The van der Waals surface area contributed by atoms with E-state index in [9.17, 15) is 13.6 Å².